The Morgan fingerprint density at radius 2 is 1.78 bits per heavy atom. The van der Waals surface area contributed by atoms with E-state index in [0.717, 1.165) is 11.5 Å². The van der Waals surface area contributed by atoms with E-state index >= 15 is 0 Å². The highest BCUT2D eigenvalue weighted by molar-refractivity contribution is 7.99. The highest BCUT2D eigenvalue weighted by Gasteiger charge is 2.17. The van der Waals surface area contributed by atoms with Crippen LogP contribution in [0.5, 0.6) is 11.5 Å². The van der Waals surface area contributed by atoms with Crippen LogP contribution >= 0.6 is 11.8 Å². The lowest BCUT2D eigenvalue weighted by Crippen LogP contribution is -2.10. The lowest BCUT2D eigenvalue weighted by atomic mass is 10.1. The molecule has 0 fully saturated rings. The Kier molecular flexibility index (Phi) is 6.91. The monoisotopic (exact) mass is 449 g/mol. The molecule has 164 valence electrons. The van der Waals surface area contributed by atoms with Gasteiger partial charge in [0.15, 0.2) is 16.8 Å². The Hall–Kier alpha value is -3.52. The number of hydrogen-bond donors (Lipinski definition) is 0. The molecule has 0 bridgehead atoms. The van der Waals surface area contributed by atoms with Crippen molar-refractivity contribution in [3.05, 3.63) is 89.6 Å². The molecule has 2 aromatic carbocycles. The van der Waals surface area contributed by atoms with Crippen molar-refractivity contribution in [1.82, 2.24) is 14.8 Å². The van der Waals surface area contributed by atoms with Gasteiger partial charge in [-0.05, 0) is 55.5 Å². The SMILES string of the molecule is COc1ccc(C(=O)CSc2nnc(COc3ccc(C)cc3)n2Cc2ccco2)cc1. The molecule has 0 aliphatic heterocycles. The third-order valence-electron chi connectivity index (χ3n) is 4.82. The summed E-state index contributed by atoms with van der Waals surface area (Å²) in [5, 5.41) is 9.23. The van der Waals surface area contributed by atoms with E-state index < -0.39 is 0 Å². The second-order valence-corrected chi connectivity index (χ2v) is 8.05. The Bertz CT molecular complexity index is 1150. The first-order valence-electron chi connectivity index (χ1n) is 10.1. The number of Topliss-reactive ketones (excluding diaryl/α,β-unsaturated/α-hetero) is 1. The number of thioether (sulfide) groups is 1. The minimum atomic E-state index is 0.00246. The van der Waals surface area contributed by atoms with Gasteiger partial charge in [-0.3, -0.25) is 9.36 Å². The number of aryl methyl sites for hydroxylation is 1. The Balaban J connectivity index is 1.47. The van der Waals surface area contributed by atoms with Crippen LogP contribution < -0.4 is 9.47 Å². The van der Waals surface area contributed by atoms with E-state index in [9.17, 15) is 4.79 Å². The number of carbonyl (C=O) groups excluding carboxylic acids is 1. The molecule has 2 heterocycles. The third-order valence-corrected chi connectivity index (χ3v) is 5.79. The van der Waals surface area contributed by atoms with Crippen molar-refractivity contribution >= 4 is 17.5 Å². The van der Waals surface area contributed by atoms with Gasteiger partial charge in [-0.25, -0.2) is 0 Å². The van der Waals surface area contributed by atoms with Crippen molar-refractivity contribution in [3.8, 4) is 11.5 Å². The van der Waals surface area contributed by atoms with E-state index in [1.807, 2.05) is 47.9 Å². The highest BCUT2D eigenvalue weighted by atomic mass is 32.2. The summed E-state index contributed by atoms with van der Waals surface area (Å²) in [7, 11) is 1.60. The summed E-state index contributed by atoms with van der Waals surface area (Å²) in [6, 6.07) is 18.6. The number of furan rings is 1. The van der Waals surface area contributed by atoms with Crippen LogP contribution in [-0.4, -0.2) is 33.4 Å². The highest BCUT2D eigenvalue weighted by Crippen LogP contribution is 2.22. The summed E-state index contributed by atoms with van der Waals surface area (Å²) in [5.74, 6) is 3.13. The fourth-order valence-corrected chi connectivity index (χ4v) is 3.87. The summed E-state index contributed by atoms with van der Waals surface area (Å²) in [6.07, 6.45) is 1.63. The van der Waals surface area contributed by atoms with Gasteiger partial charge in [0, 0.05) is 5.56 Å². The molecular formula is C24H23N3O4S. The Labute approximate surface area is 190 Å². The molecule has 0 amide bonds. The number of nitrogens with zero attached hydrogens (tertiary/aromatic N) is 3. The van der Waals surface area contributed by atoms with Gasteiger partial charge in [-0.15, -0.1) is 10.2 Å². The van der Waals surface area contributed by atoms with Gasteiger partial charge in [0.05, 0.1) is 25.7 Å². The molecule has 7 nitrogen and oxygen atoms in total. The van der Waals surface area contributed by atoms with Gasteiger partial charge < -0.3 is 13.9 Å². The number of hydrogen-bond acceptors (Lipinski definition) is 7. The molecule has 8 heteroatoms. The van der Waals surface area contributed by atoms with Gasteiger partial charge in [0.25, 0.3) is 0 Å². The van der Waals surface area contributed by atoms with Crippen LogP contribution in [0.25, 0.3) is 0 Å². The molecule has 0 saturated heterocycles. The average Bonchev–Trinajstić information content (AvgIpc) is 3.47. The summed E-state index contributed by atoms with van der Waals surface area (Å²) in [4.78, 5) is 12.6. The maximum absolute atomic E-state index is 12.6. The first kappa shape index (κ1) is 21.7. The molecule has 0 N–H and O–H groups in total. The zero-order valence-electron chi connectivity index (χ0n) is 17.9. The lowest BCUT2D eigenvalue weighted by Gasteiger charge is -2.10. The predicted molar refractivity (Wildman–Crippen MR) is 121 cm³/mol. The molecule has 4 rings (SSSR count). The van der Waals surface area contributed by atoms with Crippen LogP contribution in [0.3, 0.4) is 0 Å². The maximum Gasteiger partial charge on any atom is 0.192 e. The number of carbonyl (C=O) groups is 1. The third kappa shape index (κ3) is 5.39. The van der Waals surface area contributed by atoms with Crippen molar-refractivity contribution in [1.29, 1.82) is 0 Å². The molecule has 4 aromatic rings. The van der Waals surface area contributed by atoms with E-state index in [1.54, 1.807) is 37.6 Å². The van der Waals surface area contributed by atoms with Crippen molar-refractivity contribution in [2.45, 2.75) is 25.2 Å². The van der Waals surface area contributed by atoms with Crippen molar-refractivity contribution in [3.63, 3.8) is 0 Å². The molecule has 0 aliphatic carbocycles. The Morgan fingerprint density at radius 3 is 2.47 bits per heavy atom. The fourth-order valence-electron chi connectivity index (χ4n) is 3.02. The quantitative estimate of drug-likeness (QED) is 0.254. The Morgan fingerprint density at radius 1 is 1.03 bits per heavy atom. The van der Waals surface area contributed by atoms with E-state index in [-0.39, 0.29) is 18.1 Å². The summed E-state index contributed by atoms with van der Waals surface area (Å²) in [6.45, 7) is 2.73. The van der Waals surface area contributed by atoms with Crippen LogP contribution in [0.4, 0.5) is 0 Å². The smallest absolute Gasteiger partial charge is 0.192 e. The lowest BCUT2D eigenvalue weighted by molar-refractivity contribution is 0.102. The van der Waals surface area contributed by atoms with E-state index in [2.05, 4.69) is 10.2 Å². The fraction of sp³-hybridized carbons (Fsp3) is 0.208. The minimum absolute atomic E-state index is 0.00246. The first-order chi connectivity index (χ1) is 15.6. The largest absolute Gasteiger partial charge is 0.497 e. The van der Waals surface area contributed by atoms with Gasteiger partial charge in [0.1, 0.15) is 23.9 Å². The van der Waals surface area contributed by atoms with Crippen molar-refractivity contribution in [2.24, 2.45) is 0 Å². The van der Waals surface area contributed by atoms with Gasteiger partial charge in [-0.2, -0.15) is 0 Å². The molecular weight excluding hydrogens is 426 g/mol. The first-order valence-corrected chi connectivity index (χ1v) is 11.0. The molecule has 0 unspecified atom stereocenters. The predicted octanol–water partition coefficient (Wildman–Crippen LogP) is 4.79. The van der Waals surface area contributed by atoms with E-state index in [0.29, 0.717) is 28.8 Å². The van der Waals surface area contributed by atoms with Crippen molar-refractivity contribution in [2.75, 3.05) is 12.9 Å². The number of ether oxygens (including phenoxy) is 2. The number of benzene rings is 2. The molecule has 0 spiro atoms. The van der Waals surface area contributed by atoms with Gasteiger partial charge >= 0.3 is 0 Å². The topological polar surface area (TPSA) is 79.4 Å². The second kappa shape index (κ2) is 10.2. The summed E-state index contributed by atoms with van der Waals surface area (Å²) < 4.78 is 18.5. The van der Waals surface area contributed by atoms with Crippen LogP contribution in [0, 0.1) is 6.92 Å². The maximum atomic E-state index is 12.6. The average molecular weight is 450 g/mol. The standard InChI is InChI=1S/C24H23N3O4S/c1-17-5-9-20(10-6-17)31-15-23-25-26-24(27(23)14-21-4-3-13-30-21)32-16-22(28)18-7-11-19(29-2)12-8-18/h3-13H,14-16H2,1-2H3. The molecule has 0 aliphatic rings. The van der Waals surface area contributed by atoms with E-state index in [4.69, 9.17) is 13.9 Å². The molecule has 0 saturated carbocycles. The minimum Gasteiger partial charge on any atom is -0.497 e. The number of ketones is 1. The number of aromatic nitrogens is 3. The van der Waals surface area contributed by atoms with E-state index in [1.165, 1.54) is 17.3 Å². The van der Waals surface area contributed by atoms with Crippen molar-refractivity contribution < 1.29 is 18.7 Å². The van der Waals surface area contributed by atoms with Crippen LogP contribution in [0.2, 0.25) is 0 Å². The summed E-state index contributed by atoms with van der Waals surface area (Å²) >= 11 is 1.34. The van der Waals surface area contributed by atoms with Crippen LogP contribution in [0.15, 0.2) is 76.5 Å². The van der Waals surface area contributed by atoms with Gasteiger partial charge in [-0.1, -0.05) is 29.5 Å². The molecule has 2 aromatic heterocycles. The molecule has 0 atom stereocenters. The second-order valence-electron chi connectivity index (χ2n) is 7.11. The molecule has 0 radical (unpaired) electrons. The number of rotatable bonds is 10. The van der Waals surface area contributed by atoms with Crippen LogP contribution in [0.1, 0.15) is 27.5 Å². The number of methoxy groups -OCH3 is 1. The normalized spacial score (nSPS) is 10.8. The van der Waals surface area contributed by atoms with Gasteiger partial charge in [0.2, 0.25) is 0 Å². The zero-order valence-corrected chi connectivity index (χ0v) is 18.7. The molecule has 32 heavy (non-hydrogen) atoms. The zero-order chi connectivity index (χ0) is 22.3. The van der Waals surface area contributed by atoms with Crippen LogP contribution in [-0.2, 0) is 13.2 Å². The summed E-state index contributed by atoms with van der Waals surface area (Å²) in [5.41, 5.74) is 1.79.